The van der Waals surface area contributed by atoms with E-state index in [0.717, 1.165) is 24.3 Å². The highest BCUT2D eigenvalue weighted by Gasteiger charge is 2.11. The van der Waals surface area contributed by atoms with Crippen molar-refractivity contribution in [2.24, 2.45) is 4.99 Å². The van der Waals surface area contributed by atoms with Crippen LogP contribution in [-0.4, -0.2) is 72.3 Å². The summed E-state index contributed by atoms with van der Waals surface area (Å²) in [6, 6.07) is 5.66. The predicted molar refractivity (Wildman–Crippen MR) is 110 cm³/mol. The number of benzene rings is 1. The molecule has 1 heterocycles. The monoisotopic (exact) mass is 409 g/mol. The third-order valence-corrected chi connectivity index (χ3v) is 4.01. The Bertz CT molecular complexity index is 653. The van der Waals surface area contributed by atoms with Crippen molar-refractivity contribution in [3.63, 3.8) is 0 Å². The van der Waals surface area contributed by atoms with E-state index in [9.17, 15) is 4.79 Å². The van der Waals surface area contributed by atoms with Crippen LogP contribution in [0.4, 0.5) is 5.69 Å². The van der Waals surface area contributed by atoms with Crippen LogP contribution >= 0.6 is 0 Å². The quantitative estimate of drug-likeness (QED) is 0.247. The molecule has 0 aliphatic carbocycles. The van der Waals surface area contributed by atoms with Gasteiger partial charge in [-0.1, -0.05) is 0 Å². The van der Waals surface area contributed by atoms with E-state index in [1.807, 2.05) is 18.2 Å². The Morgan fingerprint density at radius 3 is 2.76 bits per heavy atom. The fourth-order valence-corrected chi connectivity index (χ4v) is 2.50. The molecule has 162 valence electrons. The number of rotatable bonds is 11. The van der Waals surface area contributed by atoms with Crippen LogP contribution in [0.15, 0.2) is 23.2 Å². The number of hydrogen-bond donors (Lipinski definition) is 2. The molecule has 0 amide bonds. The van der Waals surface area contributed by atoms with Crippen LogP contribution in [0.25, 0.3) is 0 Å². The molecule has 2 N–H and O–H groups in total. The van der Waals surface area contributed by atoms with Crippen molar-refractivity contribution in [1.29, 1.82) is 0 Å². The molecular formula is C20H31N3O6. The van der Waals surface area contributed by atoms with Gasteiger partial charge in [0, 0.05) is 45.0 Å². The first-order valence-electron chi connectivity index (χ1n) is 9.81. The molecular weight excluding hydrogens is 378 g/mol. The summed E-state index contributed by atoms with van der Waals surface area (Å²) in [6.45, 7) is 4.01. The molecule has 0 fully saturated rings. The van der Waals surface area contributed by atoms with E-state index in [0.29, 0.717) is 57.8 Å². The largest absolute Gasteiger partial charge is 0.490 e. The molecule has 9 nitrogen and oxygen atoms in total. The van der Waals surface area contributed by atoms with Crippen LogP contribution in [0.2, 0.25) is 0 Å². The molecule has 1 aromatic rings. The second-order valence-corrected chi connectivity index (χ2v) is 6.28. The van der Waals surface area contributed by atoms with Crippen molar-refractivity contribution in [2.75, 3.05) is 65.7 Å². The van der Waals surface area contributed by atoms with E-state index in [1.165, 1.54) is 7.11 Å². The van der Waals surface area contributed by atoms with E-state index < -0.39 is 0 Å². The molecule has 0 saturated heterocycles. The number of aliphatic imine (C=N–C) groups is 1. The van der Waals surface area contributed by atoms with E-state index in [2.05, 4.69) is 20.4 Å². The Kier molecular flexibility index (Phi) is 10.7. The zero-order valence-corrected chi connectivity index (χ0v) is 17.2. The summed E-state index contributed by atoms with van der Waals surface area (Å²) in [5.74, 6) is 1.73. The molecule has 29 heavy (non-hydrogen) atoms. The number of ether oxygens (including phenoxy) is 5. The number of carbonyl (C=O) groups excluding carboxylic acids is 1. The minimum absolute atomic E-state index is 0.248. The molecule has 1 aromatic carbocycles. The maximum absolute atomic E-state index is 11.4. The lowest BCUT2D eigenvalue weighted by Gasteiger charge is -2.14. The zero-order valence-electron chi connectivity index (χ0n) is 17.2. The first kappa shape index (κ1) is 22.8. The number of anilines is 1. The second-order valence-electron chi connectivity index (χ2n) is 6.28. The standard InChI is InChI=1S/C20H31N3O6/c1-25-13-14-27-10-3-8-21-20(22-9-7-19(24)26-2)23-16-5-6-17-18(15-16)29-12-4-11-28-17/h5-6,15H,3-4,7-14H2,1-2H3,(H2,21,22,23). The summed E-state index contributed by atoms with van der Waals surface area (Å²) in [7, 11) is 3.02. The number of nitrogens with zero attached hydrogens (tertiary/aromatic N) is 1. The topological polar surface area (TPSA) is 99.6 Å². The third-order valence-electron chi connectivity index (χ3n) is 4.01. The van der Waals surface area contributed by atoms with Crippen molar-refractivity contribution in [2.45, 2.75) is 19.3 Å². The summed E-state index contributed by atoms with van der Waals surface area (Å²) in [4.78, 5) is 15.9. The normalized spacial score (nSPS) is 13.5. The van der Waals surface area contributed by atoms with Gasteiger partial charge in [-0.2, -0.15) is 0 Å². The van der Waals surface area contributed by atoms with Gasteiger partial charge in [-0.15, -0.1) is 0 Å². The number of carbonyl (C=O) groups is 1. The molecule has 0 spiro atoms. The first-order chi connectivity index (χ1) is 14.2. The minimum atomic E-state index is -0.279. The first-order valence-corrected chi connectivity index (χ1v) is 9.81. The summed E-state index contributed by atoms with van der Waals surface area (Å²) in [5.41, 5.74) is 0.815. The van der Waals surface area contributed by atoms with Gasteiger partial charge in [0.2, 0.25) is 0 Å². The van der Waals surface area contributed by atoms with Gasteiger partial charge in [0.25, 0.3) is 0 Å². The van der Waals surface area contributed by atoms with Gasteiger partial charge in [-0.3, -0.25) is 9.79 Å². The molecule has 1 aliphatic rings. The summed E-state index contributed by atoms with van der Waals surface area (Å²) in [5, 5.41) is 6.39. The van der Waals surface area contributed by atoms with Gasteiger partial charge in [-0.25, -0.2) is 0 Å². The maximum atomic E-state index is 11.4. The van der Waals surface area contributed by atoms with Crippen molar-refractivity contribution in [3.8, 4) is 11.5 Å². The molecule has 0 atom stereocenters. The highest BCUT2D eigenvalue weighted by atomic mass is 16.5. The second kappa shape index (κ2) is 13.6. The fourth-order valence-electron chi connectivity index (χ4n) is 2.50. The summed E-state index contributed by atoms with van der Waals surface area (Å²) in [6.07, 6.45) is 1.87. The number of hydrogen-bond acceptors (Lipinski definition) is 7. The van der Waals surface area contributed by atoms with Crippen molar-refractivity contribution >= 4 is 17.6 Å². The number of methoxy groups -OCH3 is 2. The SMILES string of the molecule is COCCOCCCN=C(NCCC(=O)OC)Nc1ccc2c(c1)OCCCO2. The van der Waals surface area contributed by atoms with E-state index in [-0.39, 0.29) is 12.4 Å². The van der Waals surface area contributed by atoms with Crippen LogP contribution in [0.5, 0.6) is 11.5 Å². The molecule has 0 aromatic heterocycles. The van der Waals surface area contributed by atoms with Gasteiger partial charge < -0.3 is 34.3 Å². The zero-order chi connectivity index (χ0) is 20.7. The van der Waals surface area contributed by atoms with Crippen LogP contribution in [0, 0.1) is 0 Å². The predicted octanol–water partition coefficient (Wildman–Crippen LogP) is 1.82. The smallest absolute Gasteiger partial charge is 0.307 e. The molecule has 0 unspecified atom stereocenters. The molecule has 0 radical (unpaired) electrons. The van der Waals surface area contributed by atoms with Gasteiger partial charge in [0.15, 0.2) is 17.5 Å². The molecule has 0 bridgehead atoms. The third kappa shape index (κ3) is 9.01. The van der Waals surface area contributed by atoms with E-state index >= 15 is 0 Å². The van der Waals surface area contributed by atoms with Gasteiger partial charge in [0.05, 0.1) is 40.0 Å². The fraction of sp³-hybridized carbons (Fsp3) is 0.600. The Balaban J connectivity index is 1.91. The Hall–Kier alpha value is -2.52. The summed E-state index contributed by atoms with van der Waals surface area (Å²) >= 11 is 0. The molecule has 1 aliphatic heterocycles. The number of guanidine groups is 1. The van der Waals surface area contributed by atoms with Gasteiger partial charge in [-0.05, 0) is 18.6 Å². The lowest BCUT2D eigenvalue weighted by atomic mass is 10.2. The van der Waals surface area contributed by atoms with Crippen LogP contribution < -0.4 is 20.1 Å². The van der Waals surface area contributed by atoms with Crippen LogP contribution in [0.1, 0.15) is 19.3 Å². The number of esters is 1. The van der Waals surface area contributed by atoms with Crippen molar-refractivity contribution < 1.29 is 28.5 Å². The lowest BCUT2D eigenvalue weighted by Crippen LogP contribution is -2.33. The number of nitrogens with one attached hydrogen (secondary N) is 2. The highest BCUT2D eigenvalue weighted by molar-refractivity contribution is 5.94. The average Bonchev–Trinajstić information content (AvgIpc) is 2.97. The van der Waals surface area contributed by atoms with Crippen molar-refractivity contribution in [1.82, 2.24) is 5.32 Å². The average molecular weight is 409 g/mol. The minimum Gasteiger partial charge on any atom is -0.490 e. The van der Waals surface area contributed by atoms with Crippen LogP contribution in [-0.2, 0) is 19.0 Å². The Morgan fingerprint density at radius 2 is 1.97 bits per heavy atom. The van der Waals surface area contributed by atoms with E-state index in [1.54, 1.807) is 7.11 Å². The molecule has 2 rings (SSSR count). The summed E-state index contributed by atoms with van der Waals surface area (Å²) < 4.78 is 26.5. The van der Waals surface area contributed by atoms with Gasteiger partial charge in [0.1, 0.15) is 0 Å². The molecule has 0 saturated carbocycles. The Labute approximate surface area is 171 Å². The molecule has 9 heteroatoms. The maximum Gasteiger partial charge on any atom is 0.307 e. The van der Waals surface area contributed by atoms with Gasteiger partial charge >= 0.3 is 5.97 Å². The highest BCUT2D eigenvalue weighted by Crippen LogP contribution is 2.32. The van der Waals surface area contributed by atoms with Crippen molar-refractivity contribution in [3.05, 3.63) is 18.2 Å². The van der Waals surface area contributed by atoms with E-state index in [4.69, 9.17) is 18.9 Å². The lowest BCUT2D eigenvalue weighted by molar-refractivity contribution is -0.140. The Morgan fingerprint density at radius 1 is 1.14 bits per heavy atom. The number of fused-ring (bicyclic) bond motifs is 1. The van der Waals surface area contributed by atoms with Crippen LogP contribution in [0.3, 0.4) is 0 Å².